The standard InChI is InChI=1S/C14H10Cl3NO2/c15-10-4-2-1-3-8(10)7-20-13-11(16)5-9(14(18)19)6-12(13)17/h1-6H,7H2,(H2,18,19). The average Bonchev–Trinajstić information content (AvgIpc) is 2.39. The molecule has 0 aliphatic heterocycles. The van der Waals surface area contributed by atoms with E-state index in [9.17, 15) is 4.79 Å². The molecule has 0 fully saturated rings. The van der Waals surface area contributed by atoms with Crippen LogP contribution in [-0.4, -0.2) is 5.91 Å². The monoisotopic (exact) mass is 329 g/mol. The molecule has 20 heavy (non-hydrogen) atoms. The number of ether oxygens (including phenoxy) is 1. The topological polar surface area (TPSA) is 52.3 Å². The molecule has 2 aromatic rings. The molecule has 0 atom stereocenters. The molecule has 0 spiro atoms. The van der Waals surface area contributed by atoms with Crippen LogP contribution in [0.5, 0.6) is 5.75 Å². The lowest BCUT2D eigenvalue weighted by Crippen LogP contribution is -2.11. The van der Waals surface area contributed by atoms with E-state index in [0.29, 0.717) is 10.8 Å². The predicted octanol–water partition coefficient (Wildman–Crippen LogP) is 4.32. The summed E-state index contributed by atoms with van der Waals surface area (Å²) in [6.45, 7) is 0.217. The molecule has 3 nitrogen and oxygen atoms in total. The molecule has 0 heterocycles. The fourth-order valence-electron chi connectivity index (χ4n) is 1.61. The highest BCUT2D eigenvalue weighted by atomic mass is 35.5. The van der Waals surface area contributed by atoms with Gasteiger partial charge in [-0.3, -0.25) is 4.79 Å². The Labute approximate surface area is 131 Å². The second kappa shape index (κ2) is 6.35. The zero-order valence-electron chi connectivity index (χ0n) is 10.2. The number of primary amides is 1. The number of amides is 1. The van der Waals surface area contributed by atoms with Gasteiger partial charge >= 0.3 is 0 Å². The Hall–Kier alpha value is -1.42. The summed E-state index contributed by atoms with van der Waals surface area (Å²) in [5, 5.41) is 1.03. The van der Waals surface area contributed by atoms with Crippen LogP contribution in [0.15, 0.2) is 36.4 Å². The molecular weight excluding hydrogens is 321 g/mol. The van der Waals surface area contributed by atoms with Crippen LogP contribution in [0.4, 0.5) is 0 Å². The lowest BCUT2D eigenvalue weighted by Gasteiger charge is -2.11. The molecule has 104 valence electrons. The zero-order valence-corrected chi connectivity index (χ0v) is 12.5. The van der Waals surface area contributed by atoms with Crippen molar-refractivity contribution in [1.82, 2.24) is 0 Å². The van der Waals surface area contributed by atoms with E-state index in [2.05, 4.69) is 0 Å². The molecule has 0 unspecified atom stereocenters. The number of hydrogen-bond donors (Lipinski definition) is 1. The molecule has 0 aliphatic carbocycles. The van der Waals surface area contributed by atoms with Crippen molar-refractivity contribution in [2.75, 3.05) is 0 Å². The summed E-state index contributed by atoms with van der Waals surface area (Å²) in [5.74, 6) is -0.315. The van der Waals surface area contributed by atoms with Gasteiger partial charge in [0.05, 0.1) is 10.0 Å². The van der Waals surface area contributed by atoms with E-state index in [4.69, 9.17) is 45.3 Å². The van der Waals surface area contributed by atoms with Crippen molar-refractivity contribution in [3.05, 3.63) is 62.6 Å². The third-order valence-corrected chi connectivity index (χ3v) is 3.54. The van der Waals surface area contributed by atoms with Crippen LogP contribution < -0.4 is 10.5 Å². The van der Waals surface area contributed by atoms with Crippen LogP contribution in [0.1, 0.15) is 15.9 Å². The number of carbonyl (C=O) groups excluding carboxylic acids is 1. The summed E-state index contributed by atoms with van der Waals surface area (Å²) in [4.78, 5) is 11.1. The first-order chi connectivity index (χ1) is 9.49. The first kappa shape index (κ1) is 15.0. The van der Waals surface area contributed by atoms with Gasteiger partial charge in [-0.1, -0.05) is 53.0 Å². The number of benzene rings is 2. The maximum absolute atomic E-state index is 11.1. The minimum absolute atomic E-state index is 0.217. The second-order valence-electron chi connectivity index (χ2n) is 4.01. The molecule has 0 saturated heterocycles. The summed E-state index contributed by atoms with van der Waals surface area (Å²) in [7, 11) is 0. The van der Waals surface area contributed by atoms with Gasteiger partial charge in [0.15, 0.2) is 5.75 Å². The Morgan fingerprint density at radius 1 is 1.05 bits per heavy atom. The van der Waals surface area contributed by atoms with Gasteiger partial charge in [0.1, 0.15) is 6.61 Å². The molecule has 0 radical (unpaired) electrons. The van der Waals surface area contributed by atoms with Gasteiger partial charge in [-0.05, 0) is 18.2 Å². The van der Waals surface area contributed by atoms with Gasteiger partial charge in [-0.25, -0.2) is 0 Å². The zero-order chi connectivity index (χ0) is 14.7. The number of halogens is 3. The van der Waals surface area contributed by atoms with Crippen LogP contribution >= 0.6 is 34.8 Å². The van der Waals surface area contributed by atoms with E-state index in [-0.39, 0.29) is 22.2 Å². The number of carbonyl (C=O) groups is 1. The van der Waals surface area contributed by atoms with E-state index in [1.807, 2.05) is 18.2 Å². The highest BCUT2D eigenvalue weighted by Crippen LogP contribution is 2.35. The Morgan fingerprint density at radius 2 is 1.65 bits per heavy atom. The van der Waals surface area contributed by atoms with E-state index < -0.39 is 5.91 Å². The van der Waals surface area contributed by atoms with E-state index in [0.717, 1.165) is 5.56 Å². The third-order valence-electron chi connectivity index (χ3n) is 2.61. The molecule has 1 amide bonds. The van der Waals surface area contributed by atoms with Crippen molar-refractivity contribution in [3.63, 3.8) is 0 Å². The number of rotatable bonds is 4. The van der Waals surface area contributed by atoms with E-state index in [1.165, 1.54) is 12.1 Å². The lowest BCUT2D eigenvalue weighted by molar-refractivity contribution is 0.1000. The summed E-state index contributed by atoms with van der Waals surface area (Å²) in [6.07, 6.45) is 0. The van der Waals surface area contributed by atoms with Crippen molar-refractivity contribution in [2.24, 2.45) is 5.73 Å². The molecule has 2 aromatic carbocycles. The maximum atomic E-state index is 11.1. The minimum atomic E-state index is -0.605. The highest BCUT2D eigenvalue weighted by molar-refractivity contribution is 6.37. The fraction of sp³-hybridized carbons (Fsp3) is 0.0714. The Kier molecular flexibility index (Phi) is 4.76. The minimum Gasteiger partial charge on any atom is -0.486 e. The second-order valence-corrected chi connectivity index (χ2v) is 5.23. The summed E-state index contributed by atoms with van der Waals surface area (Å²) in [6, 6.07) is 10.1. The van der Waals surface area contributed by atoms with Gasteiger partial charge in [-0.2, -0.15) is 0 Å². The Morgan fingerprint density at radius 3 is 2.20 bits per heavy atom. The van der Waals surface area contributed by atoms with E-state index >= 15 is 0 Å². The van der Waals surface area contributed by atoms with Gasteiger partial charge in [0.2, 0.25) is 5.91 Å². The van der Waals surface area contributed by atoms with E-state index in [1.54, 1.807) is 6.07 Å². The highest BCUT2D eigenvalue weighted by Gasteiger charge is 2.13. The molecule has 2 N–H and O–H groups in total. The number of hydrogen-bond acceptors (Lipinski definition) is 2. The largest absolute Gasteiger partial charge is 0.486 e. The van der Waals surface area contributed by atoms with Gasteiger partial charge in [0, 0.05) is 16.1 Å². The molecule has 0 aromatic heterocycles. The van der Waals surface area contributed by atoms with Crippen LogP contribution in [0.2, 0.25) is 15.1 Å². The van der Waals surface area contributed by atoms with Crippen molar-refractivity contribution >= 4 is 40.7 Å². The van der Waals surface area contributed by atoms with Crippen LogP contribution in [-0.2, 0) is 6.61 Å². The van der Waals surface area contributed by atoms with Crippen LogP contribution in [0.25, 0.3) is 0 Å². The normalized spacial score (nSPS) is 10.3. The van der Waals surface area contributed by atoms with Crippen molar-refractivity contribution in [1.29, 1.82) is 0 Å². The smallest absolute Gasteiger partial charge is 0.248 e. The van der Waals surface area contributed by atoms with Gasteiger partial charge in [0.25, 0.3) is 0 Å². The van der Waals surface area contributed by atoms with Crippen LogP contribution in [0, 0.1) is 0 Å². The SMILES string of the molecule is NC(=O)c1cc(Cl)c(OCc2ccccc2Cl)c(Cl)c1. The van der Waals surface area contributed by atoms with Crippen LogP contribution in [0.3, 0.4) is 0 Å². The summed E-state index contributed by atoms with van der Waals surface area (Å²) < 4.78 is 5.57. The van der Waals surface area contributed by atoms with Crippen molar-refractivity contribution < 1.29 is 9.53 Å². The first-order valence-electron chi connectivity index (χ1n) is 5.64. The molecule has 2 rings (SSSR count). The summed E-state index contributed by atoms with van der Waals surface area (Å²) in [5.41, 5.74) is 6.20. The maximum Gasteiger partial charge on any atom is 0.248 e. The molecule has 0 aliphatic rings. The lowest BCUT2D eigenvalue weighted by atomic mass is 10.2. The molecular formula is C14H10Cl3NO2. The fourth-order valence-corrected chi connectivity index (χ4v) is 2.39. The Balaban J connectivity index is 2.22. The van der Waals surface area contributed by atoms with Crippen molar-refractivity contribution in [2.45, 2.75) is 6.61 Å². The summed E-state index contributed by atoms with van der Waals surface area (Å²) >= 11 is 18.1. The molecule has 0 saturated carbocycles. The third kappa shape index (κ3) is 3.37. The first-order valence-corrected chi connectivity index (χ1v) is 6.77. The molecule has 6 heteroatoms. The number of nitrogens with two attached hydrogens (primary N) is 1. The quantitative estimate of drug-likeness (QED) is 0.907. The Bertz CT molecular complexity index is 636. The average molecular weight is 331 g/mol. The van der Waals surface area contributed by atoms with Gasteiger partial charge in [-0.15, -0.1) is 0 Å². The molecule has 0 bridgehead atoms. The van der Waals surface area contributed by atoms with Crippen molar-refractivity contribution in [3.8, 4) is 5.75 Å². The van der Waals surface area contributed by atoms with Gasteiger partial charge < -0.3 is 10.5 Å². The predicted molar refractivity (Wildman–Crippen MR) is 80.8 cm³/mol.